The molecule has 1 saturated carbocycles. The number of rotatable bonds is 4. The fraction of sp³-hybridized carbons (Fsp3) is 0.304. The highest BCUT2D eigenvalue weighted by Crippen LogP contribution is 2.39. The Balaban J connectivity index is 1.34. The summed E-state index contributed by atoms with van der Waals surface area (Å²) in [6.07, 6.45) is 6.74. The number of hydrogen-bond donors (Lipinski definition) is 1. The highest BCUT2D eigenvalue weighted by Gasteiger charge is 2.25. The molecule has 0 bridgehead atoms. The minimum absolute atomic E-state index is 0.0134. The van der Waals surface area contributed by atoms with E-state index in [-0.39, 0.29) is 11.7 Å². The van der Waals surface area contributed by atoms with Crippen LogP contribution in [-0.4, -0.2) is 10.9 Å². The molecule has 0 saturated heterocycles. The van der Waals surface area contributed by atoms with Gasteiger partial charge in [0.1, 0.15) is 5.82 Å². The van der Waals surface area contributed by atoms with Crippen LogP contribution in [0.15, 0.2) is 60.8 Å². The molecule has 1 N–H and O–H groups in total. The molecule has 4 heteroatoms. The van der Waals surface area contributed by atoms with E-state index in [2.05, 4.69) is 34.6 Å². The Kier molecular flexibility index (Phi) is 5.14. The fourth-order valence-electron chi connectivity index (χ4n) is 4.16. The summed E-state index contributed by atoms with van der Waals surface area (Å²) in [6.45, 7) is 0. The van der Waals surface area contributed by atoms with Crippen LogP contribution in [0.1, 0.15) is 43.6 Å². The van der Waals surface area contributed by atoms with Gasteiger partial charge in [-0.25, -0.2) is 4.39 Å². The van der Waals surface area contributed by atoms with Crippen molar-refractivity contribution in [2.45, 2.75) is 38.0 Å². The summed E-state index contributed by atoms with van der Waals surface area (Å²) in [7, 11) is 0. The number of carbonyl (C=O) groups is 1. The SMILES string of the molecule is O=C(C[C@H]1CC[C@H](c2ccnc3ccccc32)CC1)Nc1ccc(F)cc1. The number of amides is 1. The molecule has 1 aliphatic rings. The Hall–Kier alpha value is -2.75. The van der Waals surface area contributed by atoms with Crippen molar-refractivity contribution in [2.75, 3.05) is 5.32 Å². The fourth-order valence-corrected chi connectivity index (χ4v) is 4.16. The van der Waals surface area contributed by atoms with Crippen LogP contribution in [-0.2, 0) is 4.79 Å². The summed E-state index contributed by atoms with van der Waals surface area (Å²) in [5, 5.41) is 4.12. The van der Waals surface area contributed by atoms with Crippen molar-refractivity contribution in [3.05, 3.63) is 72.2 Å². The molecule has 2 aromatic carbocycles. The number of nitrogens with one attached hydrogen (secondary N) is 1. The molecule has 1 aliphatic carbocycles. The third kappa shape index (κ3) is 4.16. The van der Waals surface area contributed by atoms with Gasteiger partial charge in [-0.2, -0.15) is 0 Å². The van der Waals surface area contributed by atoms with E-state index in [1.165, 1.54) is 23.1 Å². The highest BCUT2D eigenvalue weighted by atomic mass is 19.1. The zero-order valence-corrected chi connectivity index (χ0v) is 15.2. The van der Waals surface area contributed by atoms with Gasteiger partial charge in [-0.05, 0) is 79.5 Å². The maximum atomic E-state index is 13.0. The maximum Gasteiger partial charge on any atom is 0.224 e. The highest BCUT2D eigenvalue weighted by molar-refractivity contribution is 5.90. The van der Waals surface area contributed by atoms with Crippen molar-refractivity contribution in [1.29, 1.82) is 0 Å². The Morgan fingerprint density at radius 1 is 1.00 bits per heavy atom. The van der Waals surface area contributed by atoms with Gasteiger partial charge in [0.2, 0.25) is 5.91 Å². The van der Waals surface area contributed by atoms with Crippen LogP contribution in [0.4, 0.5) is 10.1 Å². The Bertz CT molecular complexity index is 925. The molecule has 1 aromatic heterocycles. The molecule has 0 radical (unpaired) electrons. The second-order valence-corrected chi connectivity index (χ2v) is 7.39. The summed E-state index contributed by atoms with van der Waals surface area (Å²) in [4.78, 5) is 16.7. The number of hydrogen-bond acceptors (Lipinski definition) is 2. The molecule has 3 nitrogen and oxygen atoms in total. The number of fused-ring (bicyclic) bond motifs is 1. The van der Waals surface area contributed by atoms with Gasteiger partial charge in [-0.3, -0.25) is 9.78 Å². The number of carbonyl (C=O) groups excluding carboxylic acids is 1. The summed E-state index contributed by atoms with van der Waals surface area (Å²) in [5.41, 5.74) is 3.09. The third-order valence-corrected chi connectivity index (χ3v) is 5.57. The Morgan fingerprint density at radius 2 is 1.74 bits per heavy atom. The topological polar surface area (TPSA) is 42.0 Å². The maximum absolute atomic E-state index is 13.0. The van der Waals surface area contributed by atoms with Crippen LogP contribution >= 0.6 is 0 Å². The van der Waals surface area contributed by atoms with Crippen molar-refractivity contribution in [2.24, 2.45) is 5.92 Å². The lowest BCUT2D eigenvalue weighted by Crippen LogP contribution is -2.20. The van der Waals surface area contributed by atoms with E-state index in [1.807, 2.05) is 12.3 Å². The Labute approximate surface area is 158 Å². The molecule has 138 valence electrons. The van der Waals surface area contributed by atoms with Crippen LogP contribution in [0, 0.1) is 11.7 Å². The largest absolute Gasteiger partial charge is 0.326 e. The van der Waals surface area contributed by atoms with Crippen molar-refractivity contribution in [1.82, 2.24) is 4.98 Å². The van der Waals surface area contributed by atoms with Crippen molar-refractivity contribution in [3.8, 4) is 0 Å². The van der Waals surface area contributed by atoms with Gasteiger partial charge in [-0.15, -0.1) is 0 Å². The first-order chi connectivity index (χ1) is 13.2. The van der Waals surface area contributed by atoms with Crippen molar-refractivity contribution < 1.29 is 9.18 Å². The van der Waals surface area contributed by atoms with Crippen LogP contribution in [0.25, 0.3) is 10.9 Å². The first-order valence-corrected chi connectivity index (χ1v) is 9.58. The van der Waals surface area contributed by atoms with E-state index in [1.54, 1.807) is 12.1 Å². The molecule has 1 fully saturated rings. The molecule has 0 aliphatic heterocycles. The van der Waals surface area contributed by atoms with Crippen molar-refractivity contribution >= 4 is 22.5 Å². The molecule has 27 heavy (non-hydrogen) atoms. The number of aromatic nitrogens is 1. The van der Waals surface area contributed by atoms with Crippen LogP contribution in [0.3, 0.4) is 0 Å². The van der Waals surface area contributed by atoms with Gasteiger partial charge in [0.15, 0.2) is 0 Å². The molecule has 0 unspecified atom stereocenters. The van der Waals surface area contributed by atoms with Crippen LogP contribution in [0.5, 0.6) is 0 Å². The van der Waals surface area contributed by atoms with Crippen LogP contribution < -0.4 is 5.32 Å². The summed E-state index contributed by atoms with van der Waals surface area (Å²) in [5.74, 6) is 0.665. The third-order valence-electron chi connectivity index (χ3n) is 5.57. The molecule has 0 atom stereocenters. The summed E-state index contributed by atoms with van der Waals surface area (Å²) >= 11 is 0. The smallest absolute Gasteiger partial charge is 0.224 e. The predicted molar refractivity (Wildman–Crippen MR) is 106 cm³/mol. The zero-order valence-electron chi connectivity index (χ0n) is 15.2. The lowest BCUT2D eigenvalue weighted by molar-refractivity contribution is -0.117. The number of halogens is 1. The quantitative estimate of drug-likeness (QED) is 0.649. The molecule has 0 spiro atoms. The summed E-state index contributed by atoms with van der Waals surface area (Å²) < 4.78 is 13.0. The average Bonchev–Trinajstić information content (AvgIpc) is 2.70. The monoisotopic (exact) mass is 362 g/mol. The minimum Gasteiger partial charge on any atom is -0.326 e. The standard InChI is InChI=1S/C23H23FN2O/c24-18-9-11-19(12-10-18)26-23(27)15-16-5-7-17(8-6-16)20-13-14-25-22-4-2-1-3-21(20)22/h1-4,9-14,16-17H,5-8,15H2,(H,26,27)/t16-,17-. The molecule has 1 amide bonds. The molecular formula is C23H23FN2O. The number of para-hydroxylation sites is 1. The van der Waals surface area contributed by atoms with E-state index in [9.17, 15) is 9.18 Å². The molecular weight excluding hydrogens is 339 g/mol. The minimum atomic E-state index is -0.296. The molecule has 1 heterocycles. The second-order valence-electron chi connectivity index (χ2n) is 7.39. The predicted octanol–water partition coefficient (Wildman–Crippen LogP) is 5.68. The van der Waals surface area contributed by atoms with Gasteiger partial charge in [0, 0.05) is 23.7 Å². The van der Waals surface area contributed by atoms with Gasteiger partial charge in [-0.1, -0.05) is 18.2 Å². The van der Waals surface area contributed by atoms with Gasteiger partial charge in [0.25, 0.3) is 0 Å². The van der Waals surface area contributed by atoms with E-state index >= 15 is 0 Å². The number of pyridine rings is 1. The lowest BCUT2D eigenvalue weighted by atomic mass is 9.77. The zero-order chi connectivity index (χ0) is 18.6. The number of benzene rings is 2. The number of nitrogens with zero attached hydrogens (tertiary/aromatic N) is 1. The van der Waals surface area contributed by atoms with Gasteiger partial charge >= 0.3 is 0 Å². The van der Waals surface area contributed by atoms with Crippen molar-refractivity contribution in [3.63, 3.8) is 0 Å². The van der Waals surface area contributed by atoms with Gasteiger partial charge in [0.05, 0.1) is 5.52 Å². The van der Waals surface area contributed by atoms with Crippen LogP contribution in [0.2, 0.25) is 0 Å². The van der Waals surface area contributed by atoms with E-state index < -0.39 is 0 Å². The Morgan fingerprint density at radius 3 is 2.52 bits per heavy atom. The molecule has 3 aromatic rings. The van der Waals surface area contributed by atoms with E-state index in [4.69, 9.17) is 0 Å². The first kappa shape index (κ1) is 17.7. The van der Waals surface area contributed by atoms with E-state index in [0.717, 1.165) is 31.2 Å². The second kappa shape index (κ2) is 7.87. The van der Waals surface area contributed by atoms with E-state index in [0.29, 0.717) is 23.9 Å². The average molecular weight is 362 g/mol. The number of anilines is 1. The first-order valence-electron chi connectivity index (χ1n) is 9.58. The normalized spacial score (nSPS) is 19.7. The summed E-state index contributed by atoms with van der Waals surface area (Å²) in [6, 6.07) is 16.4. The lowest BCUT2D eigenvalue weighted by Gasteiger charge is -2.29. The molecule has 4 rings (SSSR count). The van der Waals surface area contributed by atoms with Gasteiger partial charge < -0.3 is 5.32 Å².